The van der Waals surface area contributed by atoms with E-state index in [0.717, 1.165) is 24.2 Å². The van der Waals surface area contributed by atoms with Gasteiger partial charge in [0.1, 0.15) is 30.3 Å². The number of rotatable bonds is 12. The van der Waals surface area contributed by atoms with Gasteiger partial charge in [-0.2, -0.15) is 5.26 Å². The van der Waals surface area contributed by atoms with Crippen LogP contribution in [0.5, 0.6) is 11.5 Å². The van der Waals surface area contributed by atoms with Crippen molar-refractivity contribution in [3.8, 4) is 17.6 Å². The number of β-amino-alcohol motifs (C(OH)–C–C–N with tert-alkyl or cyclic N) is 1. The van der Waals surface area contributed by atoms with Crippen molar-refractivity contribution in [1.82, 2.24) is 10.6 Å². The molecule has 0 saturated heterocycles. The molecule has 0 unspecified atom stereocenters. The molecule has 0 bridgehead atoms. The Morgan fingerprint density at radius 3 is 2.56 bits per heavy atom. The van der Waals surface area contributed by atoms with Gasteiger partial charge >= 0.3 is 0 Å². The highest BCUT2D eigenvalue weighted by atomic mass is 16.5. The molecule has 0 saturated carbocycles. The number of hydrogen-bond donors (Lipinski definition) is 3. The summed E-state index contributed by atoms with van der Waals surface area (Å²) in [5.74, 6) is 0.938. The van der Waals surface area contributed by atoms with Gasteiger partial charge < -0.3 is 25.2 Å². The lowest BCUT2D eigenvalue weighted by Crippen LogP contribution is -2.46. The Morgan fingerprint density at radius 1 is 1.22 bits per heavy atom. The molecular formula is C25H33N3O4. The normalized spacial score (nSPS) is 12.0. The summed E-state index contributed by atoms with van der Waals surface area (Å²) in [5.41, 5.74) is 1.59. The molecule has 2 aromatic carbocycles. The molecule has 0 aliphatic heterocycles. The molecule has 0 radical (unpaired) electrons. The Morgan fingerprint density at radius 2 is 1.94 bits per heavy atom. The fourth-order valence-electron chi connectivity index (χ4n) is 3.18. The third kappa shape index (κ3) is 7.88. The van der Waals surface area contributed by atoms with Crippen molar-refractivity contribution in [3.63, 3.8) is 0 Å². The number of hydrogen-bond acceptors (Lipinski definition) is 6. The Kier molecular flexibility index (Phi) is 9.51. The minimum Gasteiger partial charge on any atom is -0.497 e. The standard InChI is InChI=1S/C25H33N3O4/c1-5-12-27-24(30)19-8-11-23(20(13-19)15-26)32-17-21(29)16-28-25(2,3)14-18-6-9-22(31-4)10-7-18/h6-11,13,21,28-29H,5,12,14,16-17H2,1-4H3,(H,27,30)/t21-/m1/s1. The zero-order valence-corrected chi connectivity index (χ0v) is 19.3. The molecule has 2 rings (SSSR count). The van der Waals surface area contributed by atoms with Crippen LogP contribution in [-0.2, 0) is 6.42 Å². The second-order valence-electron chi connectivity index (χ2n) is 8.33. The van der Waals surface area contributed by atoms with Gasteiger partial charge in [-0.05, 0) is 62.6 Å². The Balaban J connectivity index is 1.86. The van der Waals surface area contributed by atoms with Crippen LogP contribution < -0.4 is 20.1 Å². The highest BCUT2D eigenvalue weighted by molar-refractivity contribution is 5.94. The number of benzene rings is 2. The summed E-state index contributed by atoms with van der Waals surface area (Å²) in [5, 5.41) is 25.9. The van der Waals surface area contributed by atoms with Gasteiger partial charge in [0.15, 0.2) is 0 Å². The summed E-state index contributed by atoms with van der Waals surface area (Å²) >= 11 is 0. The minimum atomic E-state index is -0.760. The van der Waals surface area contributed by atoms with Crippen molar-refractivity contribution in [1.29, 1.82) is 5.26 Å². The van der Waals surface area contributed by atoms with Crippen LogP contribution in [0.1, 0.15) is 48.7 Å². The predicted octanol–water partition coefficient (Wildman–Crippen LogP) is 3.06. The van der Waals surface area contributed by atoms with Crippen LogP contribution in [0.15, 0.2) is 42.5 Å². The molecule has 172 valence electrons. The second-order valence-corrected chi connectivity index (χ2v) is 8.33. The van der Waals surface area contributed by atoms with Crippen molar-refractivity contribution in [3.05, 3.63) is 59.2 Å². The lowest BCUT2D eigenvalue weighted by molar-refractivity contribution is 0.0951. The van der Waals surface area contributed by atoms with Crippen LogP contribution in [-0.4, -0.2) is 49.5 Å². The topological polar surface area (TPSA) is 104 Å². The number of aliphatic hydroxyl groups excluding tert-OH is 1. The monoisotopic (exact) mass is 439 g/mol. The van der Waals surface area contributed by atoms with E-state index in [-0.39, 0.29) is 23.6 Å². The average Bonchev–Trinajstić information content (AvgIpc) is 2.80. The van der Waals surface area contributed by atoms with Crippen LogP contribution in [0, 0.1) is 11.3 Å². The summed E-state index contributed by atoms with van der Waals surface area (Å²) in [4.78, 5) is 12.1. The van der Waals surface area contributed by atoms with E-state index < -0.39 is 6.10 Å². The van der Waals surface area contributed by atoms with Crippen molar-refractivity contribution in [2.24, 2.45) is 0 Å². The van der Waals surface area contributed by atoms with Crippen molar-refractivity contribution in [2.45, 2.75) is 45.3 Å². The molecule has 0 aromatic heterocycles. The van der Waals surface area contributed by atoms with E-state index in [1.165, 1.54) is 6.07 Å². The van der Waals surface area contributed by atoms with Crippen LogP contribution >= 0.6 is 0 Å². The smallest absolute Gasteiger partial charge is 0.251 e. The zero-order valence-electron chi connectivity index (χ0n) is 19.3. The lowest BCUT2D eigenvalue weighted by Gasteiger charge is -2.28. The maximum Gasteiger partial charge on any atom is 0.251 e. The van der Waals surface area contributed by atoms with Crippen molar-refractivity contribution in [2.75, 3.05) is 26.8 Å². The molecule has 32 heavy (non-hydrogen) atoms. The third-order valence-electron chi connectivity index (χ3n) is 4.95. The lowest BCUT2D eigenvalue weighted by atomic mass is 9.94. The Bertz CT molecular complexity index is 920. The molecule has 1 atom stereocenters. The van der Waals surface area contributed by atoms with Gasteiger partial charge in [-0.15, -0.1) is 0 Å². The number of carbonyl (C=O) groups is 1. The Hall–Kier alpha value is -3.08. The van der Waals surface area contributed by atoms with E-state index in [2.05, 4.69) is 30.6 Å². The summed E-state index contributed by atoms with van der Waals surface area (Å²) in [6.07, 6.45) is 0.857. The average molecular weight is 440 g/mol. The van der Waals surface area contributed by atoms with Crippen molar-refractivity contribution < 1.29 is 19.4 Å². The van der Waals surface area contributed by atoms with Crippen LogP contribution in [0.2, 0.25) is 0 Å². The molecular weight excluding hydrogens is 406 g/mol. The molecule has 3 N–H and O–H groups in total. The number of nitrogens with zero attached hydrogens (tertiary/aromatic N) is 1. The maximum absolute atomic E-state index is 12.1. The molecule has 0 aliphatic rings. The number of methoxy groups -OCH3 is 1. The molecule has 0 spiro atoms. The van der Waals surface area contributed by atoms with E-state index in [0.29, 0.717) is 24.4 Å². The molecule has 2 aromatic rings. The first-order valence-electron chi connectivity index (χ1n) is 10.8. The summed E-state index contributed by atoms with van der Waals surface area (Å²) in [6, 6.07) is 14.7. The summed E-state index contributed by atoms with van der Waals surface area (Å²) in [6.45, 7) is 7.05. The predicted molar refractivity (Wildman–Crippen MR) is 124 cm³/mol. The Labute approximate surface area is 190 Å². The van der Waals surface area contributed by atoms with Crippen molar-refractivity contribution >= 4 is 5.91 Å². The zero-order chi connectivity index (χ0) is 23.6. The number of ether oxygens (including phenoxy) is 2. The maximum atomic E-state index is 12.1. The molecule has 0 fully saturated rings. The second kappa shape index (κ2) is 12.1. The SMILES string of the molecule is CCCNC(=O)c1ccc(OC[C@H](O)CNC(C)(C)Cc2ccc(OC)cc2)c(C#N)c1. The number of carbonyl (C=O) groups excluding carboxylic acids is 1. The molecule has 0 heterocycles. The van der Waals surface area contributed by atoms with E-state index in [1.54, 1.807) is 19.2 Å². The molecule has 7 nitrogen and oxygen atoms in total. The van der Waals surface area contributed by atoms with Crippen LogP contribution in [0.25, 0.3) is 0 Å². The number of amides is 1. The van der Waals surface area contributed by atoms with Gasteiger partial charge in [0.2, 0.25) is 0 Å². The third-order valence-corrected chi connectivity index (χ3v) is 4.95. The highest BCUT2D eigenvalue weighted by Gasteiger charge is 2.20. The summed E-state index contributed by atoms with van der Waals surface area (Å²) in [7, 11) is 1.64. The van der Waals surface area contributed by atoms with Gasteiger partial charge in [0.05, 0.1) is 12.7 Å². The highest BCUT2D eigenvalue weighted by Crippen LogP contribution is 2.20. The van der Waals surface area contributed by atoms with Gasteiger partial charge in [-0.1, -0.05) is 19.1 Å². The first-order valence-corrected chi connectivity index (χ1v) is 10.8. The minimum absolute atomic E-state index is 0.0294. The summed E-state index contributed by atoms with van der Waals surface area (Å²) < 4.78 is 10.8. The first-order chi connectivity index (χ1) is 15.3. The van der Waals surface area contributed by atoms with Gasteiger partial charge in [-0.25, -0.2) is 0 Å². The van der Waals surface area contributed by atoms with E-state index in [1.807, 2.05) is 31.2 Å². The van der Waals surface area contributed by atoms with Gasteiger partial charge in [0, 0.05) is 24.2 Å². The van der Waals surface area contributed by atoms with Gasteiger partial charge in [0.25, 0.3) is 5.91 Å². The van der Waals surface area contributed by atoms with Crippen LogP contribution in [0.4, 0.5) is 0 Å². The van der Waals surface area contributed by atoms with Gasteiger partial charge in [-0.3, -0.25) is 4.79 Å². The van der Waals surface area contributed by atoms with E-state index >= 15 is 0 Å². The fraction of sp³-hybridized carbons (Fsp3) is 0.440. The molecule has 7 heteroatoms. The largest absolute Gasteiger partial charge is 0.497 e. The molecule has 1 amide bonds. The molecule has 0 aliphatic carbocycles. The van der Waals surface area contributed by atoms with E-state index in [4.69, 9.17) is 9.47 Å². The number of nitriles is 1. The van der Waals surface area contributed by atoms with Crippen LogP contribution in [0.3, 0.4) is 0 Å². The quantitative estimate of drug-likeness (QED) is 0.470. The number of aliphatic hydroxyl groups is 1. The van der Waals surface area contributed by atoms with E-state index in [9.17, 15) is 15.2 Å². The fourth-order valence-corrected chi connectivity index (χ4v) is 3.18. The first kappa shape index (κ1) is 25.2. The number of nitrogens with one attached hydrogen (secondary N) is 2.